The zero-order valence-electron chi connectivity index (χ0n) is 17.0. The number of aryl methyl sites for hydroxylation is 1. The van der Waals surface area contributed by atoms with E-state index in [0.717, 1.165) is 35.7 Å². The van der Waals surface area contributed by atoms with Crippen molar-refractivity contribution in [3.05, 3.63) is 80.3 Å². The molecule has 0 fully saturated rings. The minimum absolute atomic E-state index is 0.240. The Bertz CT molecular complexity index is 1010. The van der Waals surface area contributed by atoms with Gasteiger partial charge in [-0.25, -0.2) is 14.2 Å². The van der Waals surface area contributed by atoms with Gasteiger partial charge in [-0.3, -0.25) is 0 Å². The molecule has 0 N–H and O–H groups in total. The van der Waals surface area contributed by atoms with E-state index in [4.69, 9.17) is 16.3 Å². The molecule has 0 saturated heterocycles. The summed E-state index contributed by atoms with van der Waals surface area (Å²) in [6.07, 6.45) is 6.70. The van der Waals surface area contributed by atoms with E-state index in [1.807, 2.05) is 22.1 Å². The first-order valence-electron chi connectivity index (χ1n) is 9.82. The van der Waals surface area contributed by atoms with Crippen molar-refractivity contribution in [3.63, 3.8) is 0 Å². The van der Waals surface area contributed by atoms with Crippen LogP contribution in [0, 0.1) is 5.82 Å². The van der Waals surface area contributed by atoms with Crippen molar-refractivity contribution < 1.29 is 13.9 Å². The third-order valence-corrected chi connectivity index (χ3v) is 6.05. The van der Waals surface area contributed by atoms with Crippen molar-refractivity contribution in [2.24, 2.45) is 0 Å². The number of nitrogens with zero attached hydrogens (tertiary/aromatic N) is 2. The SMILES string of the molecule is CCCCc1ncc(C=C(Cc2cccs2)C(=O)OC)n1Cc1c(F)cccc1Cl. The first-order valence-corrected chi connectivity index (χ1v) is 11.1. The van der Waals surface area contributed by atoms with Crippen LogP contribution >= 0.6 is 22.9 Å². The van der Waals surface area contributed by atoms with Gasteiger partial charge in [-0.1, -0.05) is 37.1 Å². The minimum Gasteiger partial charge on any atom is -0.466 e. The number of hydrogen-bond donors (Lipinski definition) is 0. The quantitative estimate of drug-likeness (QED) is 0.302. The molecule has 1 aromatic carbocycles. The van der Waals surface area contributed by atoms with E-state index in [-0.39, 0.29) is 12.4 Å². The van der Waals surface area contributed by atoms with E-state index in [0.29, 0.717) is 22.6 Å². The van der Waals surface area contributed by atoms with E-state index in [2.05, 4.69) is 11.9 Å². The molecule has 0 aliphatic heterocycles. The number of methoxy groups -OCH3 is 1. The van der Waals surface area contributed by atoms with Crippen LogP contribution in [-0.2, 0) is 28.9 Å². The Labute approximate surface area is 185 Å². The zero-order valence-corrected chi connectivity index (χ0v) is 18.6. The smallest absolute Gasteiger partial charge is 0.334 e. The Kier molecular flexibility index (Phi) is 7.82. The number of ether oxygens (including phenoxy) is 1. The Morgan fingerprint density at radius 2 is 2.17 bits per heavy atom. The third kappa shape index (κ3) is 5.37. The van der Waals surface area contributed by atoms with E-state index < -0.39 is 5.97 Å². The predicted octanol–water partition coefficient (Wildman–Crippen LogP) is 5.93. The third-order valence-electron chi connectivity index (χ3n) is 4.82. The monoisotopic (exact) mass is 446 g/mol. The molecule has 0 spiro atoms. The van der Waals surface area contributed by atoms with Gasteiger partial charge in [0.05, 0.1) is 25.5 Å². The van der Waals surface area contributed by atoms with Gasteiger partial charge < -0.3 is 9.30 Å². The molecule has 0 unspecified atom stereocenters. The number of imidazole rings is 1. The normalized spacial score (nSPS) is 11.7. The molecule has 158 valence electrons. The standard InChI is InChI=1S/C23H24ClFN2O2S/c1-3-4-10-22-26-14-17(27(22)15-19-20(24)8-5-9-21(19)25)12-16(23(28)29-2)13-18-7-6-11-30-18/h5-9,11-12,14H,3-4,10,13,15H2,1-2H3. The second-order valence-electron chi connectivity index (χ2n) is 6.91. The molecule has 0 radical (unpaired) electrons. The van der Waals surface area contributed by atoms with Gasteiger partial charge in [0.2, 0.25) is 0 Å². The molecule has 3 rings (SSSR count). The highest BCUT2D eigenvalue weighted by Gasteiger charge is 2.17. The average Bonchev–Trinajstić information content (AvgIpc) is 3.38. The molecule has 0 saturated carbocycles. The number of benzene rings is 1. The number of rotatable bonds is 9. The molecule has 30 heavy (non-hydrogen) atoms. The Hall–Kier alpha value is -2.44. The fraction of sp³-hybridized carbons (Fsp3) is 0.304. The van der Waals surface area contributed by atoms with Gasteiger partial charge in [-0.2, -0.15) is 0 Å². The molecule has 2 heterocycles. The van der Waals surface area contributed by atoms with Gasteiger partial charge >= 0.3 is 5.97 Å². The van der Waals surface area contributed by atoms with Crippen LogP contribution < -0.4 is 0 Å². The molecule has 7 heteroatoms. The van der Waals surface area contributed by atoms with Crippen molar-refractivity contribution in [2.45, 2.75) is 39.2 Å². The maximum Gasteiger partial charge on any atom is 0.334 e. The van der Waals surface area contributed by atoms with E-state index in [9.17, 15) is 9.18 Å². The summed E-state index contributed by atoms with van der Waals surface area (Å²) in [5.74, 6) is 0.0808. The highest BCUT2D eigenvalue weighted by molar-refractivity contribution is 7.09. The van der Waals surface area contributed by atoms with Gasteiger partial charge in [-0.05, 0) is 36.1 Å². The van der Waals surface area contributed by atoms with Crippen LogP contribution in [0.25, 0.3) is 6.08 Å². The molecule has 0 amide bonds. The average molecular weight is 447 g/mol. The number of carbonyl (C=O) groups excluding carboxylic acids is 1. The largest absolute Gasteiger partial charge is 0.466 e. The van der Waals surface area contributed by atoms with Crippen LogP contribution in [0.4, 0.5) is 4.39 Å². The Balaban J connectivity index is 2.03. The van der Waals surface area contributed by atoms with Gasteiger partial charge in [0.15, 0.2) is 0 Å². The molecule has 3 aromatic rings. The number of thiophene rings is 1. The van der Waals surface area contributed by atoms with E-state index >= 15 is 0 Å². The highest BCUT2D eigenvalue weighted by Crippen LogP contribution is 2.24. The van der Waals surface area contributed by atoms with Gasteiger partial charge in [0.1, 0.15) is 11.6 Å². The number of carbonyl (C=O) groups is 1. The molecule has 4 nitrogen and oxygen atoms in total. The molecular formula is C23H24ClFN2O2S. The summed E-state index contributed by atoms with van der Waals surface area (Å²) in [6.45, 7) is 2.35. The molecule has 0 bridgehead atoms. The van der Waals surface area contributed by atoms with Gasteiger partial charge in [-0.15, -0.1) is 11.3 Å². The Morgan fingerprint density at radius 1 is 1.33 bits per heavy atom. The van der Waals surface area contributed by atoms with Gasteiger partial charge in [0, 0.05) is 33.9 Å². The van der Waals surface area contributed by atoms with E-state index in [1.165, 1.54) is 13.2 Å². The van der Waals surface area contributed by atoms with E-state index in [1.54, 1.807) is 35.7 Å². The predicted molar refractivity (Wildman–Crippen MR) is 119 cm³/mol. The van der Waals surface area contributed by atoms with Crippen LogP contribution in [0.3, 0.4) is 0 Å². The lowest BCUT2D eigenvalue weighted by Gasteiger charge is -2.13. The summed E-state index contributed by atoms with van der Waals surface area (Å²) < 4.78 is 21.4. The number of halogens is 2. The van der Waals surface area contributed by atoms with Crippen LogP contribution in [-0.4, -0.2) is 22.6 Å². The maximum absolute atomic E-state index is 14.4. The maximum atomic E-state index is 14.4. The van der Waals surface area contributed by atoms with Crippen molar-refractivity contribution in [2.75, 3.05) is 7.11 Å². The summed E-state index contributed by atoms with van der Waals surface area (Å²) in [5.41, 5.74) is 1.64. The van der Waals surface area contributed by atoms with Crippen molar-refractivity contribution in [1.82, 2.24) is 9.55 Å². The molecule has 0 aliphatic carbocycles. The van der Waals surface area contributed by atoms with Crippen molar-refractivity contribution in [1.29, 1.82) is 0 Å². The fourth-order valence-electron chi connectivity index (χ4n) is 3.20. The molecular weight excluding hydrogens is 423 g/mol. The van der Waals surface area contributed by atoms with Gasteiger partial charge in [0.25, 0.3) is 0 Å². The lowest BCUT2D eigenvalue weighted by atomic mass is 10.1. The summed E-state index contributed by atoms with van der Waals surface area (Å²) in [5, 5.41) is 2.34. The molecule has 0 aliphatic rings. The zero-order chi connectivity index (χ0) is 21.5. The fourth-order valence-corrected chi connectivity index (χ4v) is 4.15. The Morgan fingerprint density at radius 3 is 2.83 bits per heavy atom. The van der Waals surface area contributed by atoms with Crippen molar-refractivity contribution >= 4 is 35.0 Å². The number of esters is 1. The minimum atomic E-state index is -0.393. The van der Waals surface area contributed by atoms with Crippen LogP contribution in [0.2, 0.25) is 5.02 Å². The summed E-state index contributed by atoms with van der Waals surface area (Å²) >= 11 is 7.85. The number of hydrogen-bond acceptors (Lipinski definition) is 4. The number of unbranched alkanes of at least 4 members (excludes halogenated alkanes) is 1. The van der Waals surface area contributed by atoms with Crippen molar-refractivity contribution in [3.8, 4) is 0 Å². The first kappa shape index (κ1) is 22.2. The van der Waals surface area contributed by atoms with Crippen LogP contribution in [0.15, 0.2) is 47.5 Å². The summed E-state index contributed by atoms with van der Waals surface area (Å²) in [7, 11) is 1.37. The summed E-state index contributed by atoms with van der Waals surface area (Å²) in [6, 6.07) is 8.59. The number of aromatic nitrogens is 2. The first-order chi connectivity index (χ1) is 14.5. The second kappa shape index (κ2) is 10.5. The second-order valence-corrected chi connectivity index (χ2v) is 8.35. The van der Waals surface area contributed by atoms with Crippen LogP contribution in [0.1, 0.15) is 41.7 Å². The molecule has 2 aromatic heterocycles. The lowest BCUT2D eigenvalue weighted by Crippen LogP contribution is -2.11. The topological polar surface area (TPSA) is 44.1 Å². The summed E-state index contributed by atoms with van der Waals surface area (Å²) in [4.78, 5) is 18.0. The van der Waals surface area contributed by atoms with Crippen LogP contribution in [0.5, 0.6) is 0 Å². The molecule has 0 atom stereocenters. The lowest BCUT2D eigenvalue weighted by molar-refractivity contribution is -0.136. The highest BCUT2D eigenvalue weighted by atomic mass is 35.5.